The van der Waals surface area contributed by atoms with Crippen LogP contribution in [0.25, 0.3) is 11.5 Å². The molecule has 3 rings (SSSR count). The Morgan fingerprint density at radius 1 is 1.24 bits per heavy atom. The zero-order chi connectivity index (χ0) is 17.8. The van der Waals surface area contributed by atoms with Crippen molar-refractivity contribution in [2.75, 3.05) is 39.0 Å². The molecule has 5 nitrogen and oxygen atoms in total. The van der Waals surface area contributed by atoms with Gasteiger partial charge in [-0.15, -0.1) is 0 Å². The van der Waals surface area contributed by atoms with Gasteiger partial charge in [0.15, 0.2) is 0 Å². The van der Waals surface area contributed by atoms with Crippen LogP contribution in [0.15, 0.2) is 28.7 Å². The minimum atomic E-state index is -0.387. The Labute approximate surface area is 154 Å². The average molecular weight is 362 g/mol. The van der Waals surface area contributed by atoms with Gasteiger partial charge in [-0.3, -0.25) is 4.90 Å². The van der Waals surface area contributed by atoms with E-state index in [0.717, 1.165) is 48.9 Å². The molecule has 1 aromatic heterocycles. The van der Waals surface area contributed by atoms with E-state index < -0.39 is 0 Å². The summed E-state index contributed by atoms with van der Waals surface area (Å²) in [6.07, 6.45) is -0.387. The Kier molecular flexibility index (Phi) is 6.17. The van der Waals surface area contributed by atoms with Gasteiger partial charge in [0.2, 0.25) is 5.89 Å². The third kappa shape index (κ3) is 4.85. The molecule has 6 heteroatoms. The molecule has 0 spiro atoms. The number of hydrogen-bond donors (Lipinski definition) is 1. The third-order valence-corrected chi connectivity index (χ3v) is 5.63. The standard InChI is InChI=1S/C19H27N3O2S/c1-14-5-4-6-16(11-14)19-20-17(15(2)24-19)12-25-13-18(23)22-9-7-21(3)8-10-22/h4-6,11,18,23H,7-10,12-13H2,1-3H3. The molecule has 1 aliphatic heterocycles. The van der Waals surface area contributed by atoms with Crippen molar-refractivity contribution in [3.63, 3.8) is 0 Å². The van der Waals surface area contributed by atoms with Crippen molar-refractivity contribution >= 4 is 11.8 Å². The van der Waals surface area contributed by atoms with Gasteiger partial charge in [-0.05, 0) is 33.0 Å². The number of thioether (sulfide) groups is 1. The van der Waals surface area contributed by atoms with E-state index in [9.17, 15) is 5.11 Å². The molecule has 0 amide bonds. The lowest BCUT2D eigenvalue weighted by atomic mass is 10.1. The zero-order valence-corrected chi connectivity index (χ0v) is 16.1. The van der Waals surface area contributed by atoms with Crippen LogP contribution in [-0.4, -0.2) is 65.1 Å². The van der Waals surface area contributed by atoms with E-state index in [1.807, 2.05) is 19.1 Å². The normalized spacial score (nSPS) is 17.8. The zero-order valence-electron chi connectivity index (χ0n) is 15.2. The van der Waals surface area contributed by atoms with Crippen LogP contribution < -0.4 is 0 Å². The van der Waals surface area contributed by atoms with Crippen LogP contribution in [0.3, 0.4) is 0 Å². The Morgan fingerprint density at radius 2 is 2.00 bits per heavy atom. The van der Waals surface area contributed by atoms with Crippen molar-refractivity contribution in [2.24, 2.45) is 0 Å². The van der Waals surface area contributed by atoms with Crippen LogP contribution in [0.2, 0.25) is 0 Å². The van der Waals surface area contributed by atoms with Crippen LogP contribution in [0.5, 0.6) is 0 Å². The van der Waals surface area contributed by atoms with Gasteiger partial charge >= 0.3 is 0 Å². The summed E-state index contributed by atoms with van der Waals surface area (Å²) >= 11 is 1.71. The summed E-state index contributed by atoms with van der Waals surface area (Å²) in [5.74, 6) is 2.98. The molecule has 0 aliphatic carbocycles. The molecular formula is C19H27N3O2S. The lowest BCUT2D eigenvalue weighted by molar-refractivity contribution is -0.00493. The predicted octanol–water partition coefficient (Wildman–Crippen LogP) is 2.76. The summed E-state index contributed by atoms with van der Waals surface area (Å²) in [4.78, 5) is 9.10. The first kappa shape index (κ1) is 18.5. The molecule has 1 saturated heterocycles. The SMILES string of the molecule is Cc1cccc(-c2nc(CSCC(O)N3CCN(C)CC3)c(C)o2)c1. The number of aromatic nitrogens is 1. The second kappa shape index (κ2) is 8.36. The number of benzene rings is 1. The van der Waals surface area contributed by atoms with Crippen molar-refractivity contribution in [3.8, 4) is 11.5 Å². The quantitative estimate of drug-likeness (QED) is 0.854. The predicted molar refractivity (Wildman–Crippen MR) is 103 cm³/mol. The number of hydrogen-bond acceptors (Lipinski definition) is 6. The number of nitrogens with zero attached hydrogens (tertiary/aromatic N) is 3. The summed E-state index contributed by atoms with van der Waals surface area (Å²) < 4.78 is 5.84. The smallest absolute Gasteiger partial charge is 0.226 e. The highest BCUT2D eigenvalue weighted by Gasteiger charge is 2.20. The van der Waals surface area contributed by atoms with Gasteiger partial charge in [-0.25, -0.2) is 4.98 Å². The van der Waals surface area contributed by atoms with Crippen molar-refractivity contribution in [2.45, 2.75) is 25.8 Å². The number of rotatable bonds is 6. The van der Waals surface area contributed by atoms with Crippen LogP contribution in [0.4, 0.5) is 0 Å². The summed E-state index contributed by atoms with van der Waals surface area (Å²) in [5, 5.41) is 10.4. The fourth-order valence-electron chi connectivity index (χ4n) is 2.95. The molecule has 0 radical (unpaired) electrons. The average Bonchev–Trinajstić information content (AvgIpc) is 2.96. The maximum Gasteiger partial charge on any atom is 0.226 e. The van der Waals surface area contributed by atoms with Crippen LogP contribution in [0, 0.1) is 13.8 Å². The second-order valence-corrected chi connectivity index (χ2v) is 7.76. The first-order valence-corrected chi connectivity index (χ1v) is 9.90. The van der Waals surface area contributed by atoms with E-state index >= 15 is 0 Å². The molecule has 1 N–H and O–H groups in total. The van der Waals surface area contributed by atoms with Gasteiger partial charge in [-0.2, -0.15) is 11.8 Å². The highest BCUT2D eigenvalue weighted by atomic mass is 32.2. The summed E-state index contributed by atoms with van der Waals surface area (Å²) in [7, 11) is 2.12. The molecule has 2 heterocycles. The van der Waals surface area contributed by atoms with E-state index in [-0.39, 0.29) is 6.23 Å². The number of oxazole rings is 1. The molecule has 136 valence electrons. The van der Waals surface area contributed by atoms with Crippen LogP contribution in [-0.2, 0) is 5.75 Å². The van der Waals surface area contributed by atoms with Gasteiger partial charge in [0.1, 0.15) is 12.0 Å². The molecule has 0 bridgehead atoms. The van der Waals surface area contributed by atoms with Crippen LogP contribution in [0.1, 0.15) is 17.0 Å². The summed E-state index contributed by atoms with van der Waals surface area (Å²) in [5.41, 5.74) is 3.17. The summed E-state index contributed by atoms with van der Waals surface area (Å²) in [6, 6.07) is 8.19. The van der Waals surface area contributed by atoms with Gasteiger partial charge in [-0.1, -0.05) is 17.7 Å². The van der Waals surface area contributed by atoms with E-state index in [2.05, 4.69) is 40.9 Å². The number of piperazine rings is 1. The maximum atomic E-state index is 10.4. The number of aliphatic hydroxyl groups is 1. The Balaban J connectivity index is 1.53. The highest BCUT2D eigenvalue weighted by Crippen LogP contribution is 2.25. The minimum absolute atomic E-state index is 0.387. The topological polar surface area (TPSA) is 52.7 Å². The van der Waals surface area contributed by atoms with E-state index in [0.29, 0.717) is 11.6 Å². The lowest BCUT2D eigenvalue weighted by Gasteiger charge is -2.35. The highest BCUT2D eigenvalue weighted by molar-refractivity contribution is 7.98. The monoisotopic (exact) mass is 361 g/mol. The van der Waals surface area contributed by atoms with Crippen molar-refractivity contribution in [3.05, 3.63) is 41.3 Å². The lowest BCUT2D eigenvalue weighted by Crippen LogP contribution is -2.49. The Morgan fingerprint density at radius 3 is 2.72 bits per heavy atom. The minimum Gasteiger partial charge on any atom is -0.441 e. The van der Waals surface area contributed by atoms with Gasteiger partial charge in [0.25, 0.3) is 0 Å². The Hall–Kier alpha value is -1.34. The molecule has 1 aromatic carbocycles. The Bertz CT molecular complexity index is 696. The van der Waals surface area contributed by atoms with E-state index in [4.69, 9.17) is 4.42 Å². The number of aliphatic hydroxyl groups excluding tert-OH is 1. The van der Waals surface area contributed by atoms with E-state index in [1.54, 1.807) is 11.8 Å². The molecular weight excluding hydrogens is 334 g/mol. The van der Waals surface area contributed by atoms with Gasteiger partial charge in [0, 0.05) is 43.2 Å². The number of likely N-dealkylation sites (N-methyl/N-ethyl adjacent to an activating group) is 1. The largest absolute Gasteiger partial charge is 0.441 e. The van der Waals surface area contributed by atoms with Crippen molar-refractivity contribution in [1.29, 1.82) is 0 Å². The molecule has 1 fully saturated rings. The number of aryl methyl sites for hydroxylation is 2. The van der Waals surface area contributed by atoms with Gasteiger partial charge in [0.05, 0.1) is 5.69 Å². The fourth-order valence-corrected chi connectivity index (χ4v) is 3.95. The first-order valence-electron chi connectivity index (χ1n) is 8.74. The molecule has 1 atom stereocenters. The molecule has 1 unspecified atom stereocenters. The van der Waals surface area contributed by atoms with E-state index in [1.165, 1.54) is 5.56 Å². The maximum absolute atomic E-state index is 10.4. The second-order valence-electron chi connectivity index (χ2n) is 6.73. The molecule has 25 heavy (non-hydrogen) atoms. The molecule has 0 saturated carbocycles. The first-order chi connectivity index (χ1) is 12.0. The molecule has 1 aliphatic rings. The molecule has 2 aromatic rings. The third-order valence-electron chi connectivity index (χ3n) is 4.62. The van der Waals surface area contributed by atoms with Crippen molar-refractivity contribution < 1.29 is 9.52 Å². The van der Waals surface area contributed by atoms with Crippen LogP contribution >= 0.6 is 11.8 Å². The van der Waals surface area contributed by atoms with Crippen molar-refractivity contribution in [1.82, 2.24) is 14.8 Å². The fraction of sp³-hybridized carbons (Fsp3) is 0.526. The summed E-state index contributed by atoms with van der Waals surface area (Å²) in [6.45, 7) is 7.92. The van der Waals surface area contributed by atoms with Gasteiger partial charge < -0.3 is 14.4 Å².